The lowest BCUT2D eigenvalue weighted by molar-refractivity contribution is 0.0336. The molecule has 0 aliphatic carbocycles. The molecular formula is C23H23NO3S. The Balaban J connectivity index is 1.70. The van der Waals surface area contributed by atoms with E-state index in [9.17, 15) is 8.42 Å². The molecule has 1 saturated heterocycles. The van der Waals surface area contributed by atoms with Crippen LogP contribution in [0.3, 0.4) is 0 Å². The largest absolute Gasteiger partial charge is 0.363 e. The summed E-state index contributed by atoms with van der Waals surface area (Å²) >= 11 is 0. The maximum Gasteiger partial charge on any atom is 0.208 e. The van der Waals surface area contributed by atoms with Crippen molar-refractivity contribution in [3.8, 4) is 0 Å². The summed E-state index contributed by atoms with van der Waals surface area (Å²) in [6.45, 7) is 5.88. The number of H-pyrrole nitrogens is 1. The maximum atomic E-state index is 13.2. The van der Waals surface area contributed by atoms with Gasteiger partial charge in [0.05, 0.1) is 21.6 Å². The third-order valence-electron chi connectivity index (χ3n) is 5.30. The van der Waals surface area contributed by atoms with E-state index in [1.807, 2.05) is 55.5 Å². The van der Waals surface area contributed by atoms with Gasteiger partial charge in [-0.1, -0.05) is 54.1 Å². The SMILES string of the molecule is C=CC1CC(c2ccccc2)OC1c1[nH]ccc1S(=O)(=O)c1ccc(C)cc1. The summed E-state index contributed by atoms with van der Waals surface area (Å²) in [7, 11) is -3.64. The van der Waals surface area contributed by atoms with Crippen LogP contribution in [0.25, 0.3) is 0 Å². The van der Waals surface area contributed by atoms with E-state index in [0.717, 1.165) is 17.5 Å². The van der Waals surface area contributed by atoms with Crippen LogP contribution in [0.15, 0.2) is 89.3 Å². The summed E-state index contributed by atoms with van der Waals surface area (Å²) in [6.07, 6.45) is 3.81. The highest BCUT2D eigenvalue weighted by molar-refractivity contribution is 7.91. The van der Waals surface area contributed by atoms with Crippen LogP contribution in [0.1, 0.15) is 35.4 Å². The number of ether oxygens (including phenoxy) is 1. The molecule has 0 saturated carbocycles. The molecule has 3 aromatic rings. The van der Waals surface area contributed by atoms with Gasteiger partial charge in [-0.3, -0.25) is 0 Å². The van der Waals surface area contributed by atoms with Gasteiger partial charge in [-0.2, -0.15) is 0 Å². The summed E-state index contributed by atoms with van der Waals surface area (Å²) in [4.78, 5) is 3.67. The number of sulfone groups is 1. The van der Waals surface area contributed by atoms with Gasteiger partial charge in [0.2, 0.25) is 9.84 Å². The topological polar surface area (TPSA) is 59.2 Å². The van der Waals surface area contributed by atoms with Gasteiger partial charge < -0.3 is 9.72 Å². The molecule has 1 N–H and O–H groups in total. The quantitative estimate of drug-likeness (QED) is 0.609. The van der Waals surface area contributed by atoms with Crippen molar-refractivity contribution < 1.29 is 13.2 Å². The van der Waals surface area contributed by atoms with Crippen molar-refractivity contribution in [2.45, 2.75) is 35.3 Å². The number of hydrogen-bond acceptors (Lipinski definition) is 3. The number of rotatable bonds is 5. The maximum absolute atomic E-state index is 13.2. The van der Waals surface area contributed by atoms with E-state index in [0.29, 0.717) is 5.69 Å². The monoisotopic (exact) mass is 393 g/mol. The molecule has 4 rings (SSSR count). The zero-order valence-corrected chi connectivity index (χ0v) is 16.5. The summed E-state index contributed by atoms with van der Waals surface area (Å²) in [6, 6.07) is 18.5. The Morgan fingerprint density at radius 1 is 1.07 bits per heavy atom. The second kappa shape index (κ2) is 7.41. The Bertz CT molecular complexity index is 1070. The van der Waals surface area contributed by atoms with E-state index in [1.165, 1.54) is 0 Å². The van der Waals surface area contributed by atoms with Crippen LogP contribution in [0, 0.1) is 12.8 Å². The molecule has 1 aromatic heterocycles. The first-order valence-corrected chi connectivity index (χ1v) is 10.8. The smallest absolute Gasteiger partial charge is 0.208 e. The molecule has 28 heavy (non-hydrogen) atoms. The highest BCUT2D eigenvalue weighted by Gasteiger charge is 2.39. The van der Waals surface area contributed by atoms with Crippen LogP contribution in [-0.4, -0.2) is 13.4 Å². The van der Waals surface area contributed by atoms with Crippen LogP contribution < -0.4 is 0 Å². The van der Waals surface area contributed by atoms with Gasteiger partial charge in [-0.05, 0) is 37.1 Å². The Morgan fingerprint density at radius 2 is 1.79 bits per heavy atom. The van der Waals surface area contributed by atoms with Crippen molar-refractivity contribution >= 4 is 9.84 Å². The van der Waals surface area contributed by atoms with E-state index in [4.69, 9.17) is 4.74 Å². The van der Waals surface area contributed by atoms with E-state index in [1.54, 1.807) is 24.4 Å². The molecule has 0 amide bonds. The first-order chi connectivity index (χ1) is 13.5. The van der Waals surface area contributed by atoms with Gasteiger partial charge in [0.1, 0.15) is 6.10 Å². The Kier molecular flexibility index (Phi) is 4.96. The average molecular weight is 394 g/mol. The molecule has 3 atom stereocenters. The Hall–Kier alpha value is -2.63. The molecule has 2 aromatic carbocycles. The first kappa shape index (κ1) is 18.7. The number of nitrogens with one attached hydrogen (secondary N) is 1. The predicted molar refractivity (Wildman–Crippen MR) is 109 cm³/mol. The lowest BCUT2D eigenvalue weighted by Gasteiger charge is -2.17. The van der Waals surface area contributed by atoms with Crippen LogP contribution in [-0.2, 0) is 14.6 Å². The first-order valence-electron chi connectivity index (χ1n) is 9.32. The molecule has 0 spiro atoms. The van der Waals surface area contributed by atoms with Gasteiger partial charge >= 0.3 is 0 Å². The molecule has 1 aliphatic heterocycles. The van der Waals surface area contributed by atoms with Crippen molar-refractivity contribution in [3.63, 3.8) is 0 Å². The van der Waals surface area contributed by atoms with Crippen molar-refractivity contribution in [2.24, 2.45) is 5.92 Å². The number of aromatic nitrogens is 1. The van der Waals surface area contributed by atoms with Gasteiger partial charge in [-0.15, -0.1) is 6.58 Å². The molecule has 5 heteroatoms. The predicted octanol–water partition coefficient (Wildman–Crippen LogP) is 5.16. The Labute approximate surface area is 165 Å². The minimum Gasteiger partial charge on any atom is -0.363 e. The lowest BCUT2D eigenvalue weighted by atomic mass is 9.95. The van der Waals surface area contributed by atoms with Gasteiger partial charge in [0.25, 0.3) is 0 Å². The Morgan fingerprint density at radius 3 is 2.46 bits per heavy atom. The molecule has 1 aliphatic rings. The second-order valence-electron chi connectivity index (χ2n) is 7.16. The molecule has 0 radical (unpaired) electrons. The summed E-state index contributed by atoms with van der Waals surface area (Å²) in [5, 5.41) is 0. The van der Waals surface area contributed by atoms with Crippen LogP contribution >= 0.6 is 0 Å². The van der Waals surface area contributed by atoms with E-state index >= 15 is 0 Å². The fourth-order valence-corrected chi connectivity index (χ4v) is 5.22. The van der Waals surface area contributed by atoms with Gasteiger partial charge in [0, 0.05) is 12.1 Å². The number of hydrogen-bond donors (Lipinski definition) is 1. The third-order valence-corrected chi connectivity index (χ3v) is 7.13. The highest BCUT2D eigenvalue weighted by Crippen LogP contribution is 2.47. The molecule has 0 bridgehead atoms. The minimum absolute atomic E-state index is 0.0239. The normalized spacial score (nSPS) is 22.2. The fraction of sp³-hybridized carbons (Fsp3) is 0.217. The van der Waals surface area contributed by atoms with Gasteiger partial charge in [-0.25, -0.2) is 8.42 Å². The summed E-state index contributed by atoms with van der Waals surface area (Å²) < 4.78 is 32.8. The standard InChI is InChI=1S/C23H23NO3S/c1-3-17-15-20(18-7-5-4-6-8-18)27-23(17)22-21(13-14-24-22)28(25,26)19-11-9-16(2)10-12-19/h3-14,17,20,23-24H,1,15H2,2H3. The zero-order chi connectivity index (χ0) is 19.7. The molecule has 1 fully saturated rings. The van der Waals surface area contributed by atoms with Crippen LogP contribution in [0.5, 0.6) is 0 Å². The highest BCUT2D eigenvalue weighted by atomic mass is 32.2. The molecule has 2 heterocycles. The second-order valence-corrected chi connectivity index (χ2v) is 9.08. The lowest BCUT2D eigenvalue weighted by Crippen LogP contribution is -2.11. The fourth-order valence-electron chi connectivity index (χ4n) is 3.76. The third kappa shape index (κ3) is 3.32. The average Bonchev–Trinajstić information content (AvgIpc) is 3.36. The zero-order valence-electron chi connectivity index (χ0n) is 15.7. The van der Waals surface area contributed by atoms with Crippen molar-refractivity contribution in [1.82, 2.24) is 4.98 Å². The van der Waals surface area contributed by atoms with Crippen molar-refractivity contribution in [2.75, 3.05) is 0 Å². The van der Waals surface area contributed by atoms with Crippen molar-refractivity contribution in [1.29, 1.82) is 0 Å². The van der Waals surface area contributed by atoms with E-state index in [2.05, 4.69) is 11.6 Å². The number of benzene rings is 2. The minimum atomic E-state index is -3.64. The summed E-state index contributed by atoms with van der Waals surface area (Å²) in [5.41, 5.74) is 2.69. The summed E-state index contributed by atoms with van der Waals surface area (Å²) in [5.74, 6) is 0.0239. The molecule has 3 unspecified atom stereocenters. The van der Waals surface area contributed by atoms with E-state index in [-0.39, 0.29) is 27.9 Å². The molecule has 4 nitrogen and oxygen atoms in total. The molecular weight excluding hydrogens is 370 g/mol. The number of aromatic amines is 1. The van der Waals surface area contributed by atoms with Gasteiger partial charge in [0.15, 0.2) is 0 Å². The van der Waals surface area contributed by atoms with Crippen molar-refractivity contribution in [3.05, 3.63) is 96.3 Å². The van der Waals surface area contributed by atoms with E-state index < -0.39 is 9.84 Å². The van der Waals surface area contributed by atoms with Crippen LogP contribution in [0.2, 0.25) is 0 Å². The van der Waals surface area contributed by atoms with Crippen LogP contribution in [0.4, 0.5) is 0 Å². The molecule has 144 valence electrons. The number of aryl methyl sites for hydroxylation is 1.